The van der Waals surface area contributed by atoms with E-state index in [1.807, 2.05) is 45.3 Å². The van der Waals surface area contributed by atoms with Gasteiger partial charge < -0.3 is 0 Å². The maximum absolute atomic E-state index is 2.61. The maximum Gasteiger partial charge on any atom is 0.0481 e. The summed E-state index contributed by atoms with van der Waals surface area (Å²) >= 11 is 12.3. The third kappa shape index (κ3) is 12.0. The van der Waals surface area contributed by atoms with Crippen LogP contribution in [-0.2, 0) is 25.7 Å². The quantitative estimate of drug-likeness (QED) is 0.0451. The molecule has 0 radical (unpaired) electrons. The predicted octanol–water partition coefficient (Wildman–Crippen LogP) is 21.6. The average molecular weight is 960 g/mol. The highest BCUT2D eigenvalue weighted by molar-refractivity contribution is 7.30. The topological polar surface area (TPSA) is 0 Å². The fourth-order valence-corrected chi connectivity index (χ4v) is 16.8. The van der Waals surface area contributed by atoms with Gasteiger partial charge in [-0.2, -0.15) is 0 Å². The van der Waals surface area contributed by atoms with Crippen molar-refractivity contribution < 1.29 is 0 Å². The lowest BCUT2D eigenvalue weighted by Crippen LogP contribution is -1.86. The van der Waals surface area contributed by atoms with Gasteiger partial charge in [0.15, 0.2) is 0 Å². The minimum Gasteiger partial charge on any atom is -0.134 e. The van der Waals surface area contributed by atoms with Gasteiger partial charge in [-0.3, -0.25) is 0 Å². The zero-order valence-electron chi connectivity index (χ0n) is 39.1. The molecule has 6 aromatic rings. The van der Waals surface area contributed by atoms with Gasteiger partial charge >= 0.3 is 0 Å². The van der Waals surface area contributed by atoms with Crippen LogP contribution in [-0.4, -0.2) is 0 Å². The van der Waals surface area contributed by atoms with E-state index in [2.05, 4.69) is 135 Å². The van der Waals surface area contributed by atoms with Gasteiger partial charge in [0.05, 0.1) is 0 Å². The summed E-state index contributed by atoms with van der Waals surface area (Å²) in [6, 6.07) is 20.1. The number of unbranched alkanes of at least 4 members (excludes halogenated alkanes) is 12. The summed E-state index contributed by atoms with van der Waals surface area (Å²) in [5.41, 5.74) is 9.20. The van der Waals surface area contributed by atoms with Gasteiger partial charge in [0.2, 0.25) is 0 Å². The van der Waals surface area contributed by atoms with Crippen molar-refractivity contribution in [2.75, 3.05) is 0 Å². The number of rotatable bonds is 27. The van der Waals surface area contributed by atoms with Crippen LogP contribution in [0.4, 0.5) is 0 Å². The van der Waals surface area contributed by atoms with Gasteiger partial charge in [0.25, 0.3) is 0 Å². The van der Waals surface area contributed by atoms with Gasteiger partial charge in [-0.1, -0.05) is 141 Å². The molecule has 0 amide bonds. The normalized spacial score (nSPS) is 13.6. The third-order valence-electron chi connectivity index (χ3n) is 13.0. The Morgan fingerprint density at radius 3 is 0.906 bits per heavy atom. The lowest BCUT2D eigenvalue weighted by Gasteiger charge is -2.03. The smallest absolute Gasteiger partial charge is 0.0481 e. The number of thiophene rings is 6. The molecule has 64 heavy (non-hydrogen) atoms. The minimum atomic E-state index is 1.06. The Kier molecular flexibility index (Phi) is 18.1. The van der Waals surface area contributed by atoms with Crippen LogP contribution in [0.5, 0.6) is 0 Å². The highest BCUT2D eigenvalue weighted by Gasteiger charge is 2.23. The lowest BCUT2D eigenvalue weighted by molar-refractivity contribution is 0.668. The molecule has 2 aliphatic rings. The first-order chi connectivity index (χ1) is 31.6. The van der Waals surface area contributed by atoms with Crippen LogP contribution in [0.1, 0.15) is 175 Å². The lowest BCUT2D eigenvalue weighted by atomic mass is 10.0. The molecule has 0 spiro atoms. The Hall–Kier alpha value is -2.84. The molecular formula is C58H70S6. The molecule has 0 unspecified atom stereocenters. The second-order valence-corrected chi connectivity index (χ2v) is 24.5. The minimum absolute atomic E-state index is 1.06. The highest BCUT2D eigenvalue weighted by atomic mass is 32.1. The van der Waals surface area contributed by atoms with Gasteiger partial charge in [-0.05, 0) is 146 Å². The van der Waals surface area contributed by atoms with Crippen molar-refractivity contribution in [3.05, 3.63) is 117 Å². The maximum atomic E-state index is 2.61. The molecule has 8 rings (SSSR count). The van der Waals surface area contributed by atoms with E-state index in [9.17, 15) is 0 Å². The summed E-state index contributed by atoms with van der Waals surface area (Å²) in [6.45, 7) is 9.30. The van der Waals surface area contributed by atoms with Crippen LogP contribution in [0, 0.1) is 0 Å². The van der Waals surface area contributed by atoms with E-state index in [-0.39, 0.29) is 0 Å². The molecule has 0 saturated heterocycles. The van der Waals surface area contributed by atoms with Crippen LogP contribution in [0.25, 0.3) is 59.9 Å². The van der Waals surface area contributed by atoms with Crippen molar-refractivity contribution in [3.63, 3.8) is 0 Å². The Morgan fingerprint density at radius 2 is 0.625 bits per heavy atom. The fourth-order valence-electron chi connectivity index (χ4n) is 9.24. The number of aryl methyl sites for hydroxylation is 4. The fraction of sp³-hybridized carbons (Fsp3) is 0.448. The van der Waals surface area contributed by atoms with E-state index < -0.39 is 0 Å². The van der Waals surface area contributed by atoms with Crippen molar-refractivity contribution in [2.45, 2.75) is 169 Å². The number of hydrogen-bond acceptors (Lipinski definition) is 6. The largest absolute Gasteiger partial charge is 0.134 e. The summed E-state index contributed by atoms with van der Waals surface area (Å²) in [7, 11) is 0. The average Bonchev–Trinajstić information content (AvgIpc) is 4.15. The van der Waals surface area contributed by atoms with Crippen molar-refractivity contribution in [1.29, 1.82) is 0 Å². The molecule has 338 valence electrons. The molecule has 0 aromatic carbocycles. The van der Waals surface area contributed by atoms with Gasteiger partial charge in [0.1, 0.15) is 0 Å². The molecule has 6 heteroatoms. The summed E-state index contributed by atoms with van der Waals surface area (Å²) in [6.07, 6.45) is 41.4. The summed E-state index contributed by atoms with van der Waals surface area (Å²) < 4.78 is 0. The van der Waals surface area contributed by atoms with Crippen LogP contribution < -0.4 is 0 Å². The van der Waals surface area contributed by atoms with E-state index in [4.69, 9.17) is 0 Å². The number of hydrogen-bond donors (Lipinski definition) is 0. The zero-order valence-corrected chi connectivity index (χ0v) is 44.0. The molecule has 2 aliphatic carbocycles. The van der Waals surface area contributed by atoms with Crippen molar-refractivity contribution in [3.8, 4) is 48.8 Å². The van der Waals surface area contributed by atoms with E-state index in [0.717, 1.165) is 12.8 Å². The molecule has 6 aromatic heterocycles. The molecular weight excluding hydrogens is 889 g/mol. The van der Waals surface area contributed by atoms with Crippen LogP contribution in [0.3, 0.4) is 0 Å². The first-order valence-electron chi connectivity index (χ1n) is 25.0. The van der Waals surface area contributed by atoms with Crippen molar-refractivity contribution in [1.82, 2.24) is 0 Å². The van der Waals surface area contributed by atoms with Crippen LogP contribution in [0.2, 0.25) is 0 Å². The summed E-state index contributed by atoms with van der Waals surface area (Å²) in [4.78, 5) is 17.7. The monoisotopic (exact) mass is 958 g/mol. The van der Waals surface area contributed by atoms with Crippen molar-refractivity contribution >= 4 is 79.2 Å². The van der Waals surface area contributed by atoms with Gasteiger partial charge in [-0.25, -0.2) is 0 Å². The Morgan fingerprint density at radius 1 is 0.328 bits per heavy atom. The van der Waals surface area contributed by atoms with E-state index >= 15 is 0 Å². The molecule has 0 bridgehead atoms. The molecule has 0 N–H and O–H groups in total. The molecule has 0 aliphatic heterocycles. The van der Waals surface area contributed by atoms with Gasteiger partial charge in [0, 0.05) is 58.5 Å². The predicted molar refractivity (Wildman–Crippen MR) is 296 cm³/mol. The highest BCUT2D eigenvalue weighted by Crippen LogP contribution is 2.51. The number of allylic oxidation sites excluding steroid dienone is 8. The van der Waals surface area contributed by atoms with Crippen molar-refractivity contribution in [2.24, 2.45) is 0 Å². The first-order valence-corrected chi connectivity index (χ1v) is 29.9. The third-order valence-corrected chi connectivity index (χ3v) is 20.9. The van der Waals surface area contributed by atoms with E-state index in [1.165, 1.54) is 198 Å². The molecule has 0 saturated carbocycles. The Labute approximate surface area is 410 Å². The first kappa shape index (κ1) is 47.6. The molecule has 0 atom stereocenters. The Balaban J connectivity index is 1.12. The molecule has 0 nitrogen and oxygen atoms in total. The van der Waals surface area contributed by atoms with Crippen LogP contribution in [0.15, 0.2) is 85.0 Å². The zero-order chi connectivity index (χ0) is 44.1. The molecule has 0 fully saturated rings. The van der Waals surface area contributed by atoms with Crippen LogP contribution >= 0.6 is 68.0 Å². The van der Waals surface area contributed by atoms with E-state index in [1.54, 1.807) is 22.3 Å². The van der Waals surface area contributed by atoms with E-state index in [0.29, 0.717) is 0 Å². The second-order valence-electron chi connectivity index (χ2n) is 18.1. The SMILES string of the molecule is CCCCCCc1cc(C2=CC=CC2)sc1-c1ccc(-c2sc(-c3cc(CCCCCC)c(-c4ccc(-c5sc(C6=CC=CC6)cc5CCCCCC)s4)s3)cc2CCCCCC)s1. The summed E-state index contributed by atoms with van der Waals surface area (Å²) in [5.74, 6) is 0. The second kappa shape index (κ2) is 24.3. The Bertz CT molecular complexity index is 2350. The molecule has 6 heterocycles. The standard InChI is InChI=1S/C58H70S6/c1-5-9-13-17-29-43-37-51(41-25-21-22-26-41)61-55(43)47-33-35-49(59-47)57-45(31-19-15-11-7-3)39-53(63-57)54-40-46(32-20-16-12-8-4)58(64-54)50-36-34-48(60-50)56-44(30-18-14-10-6-2)38-52(62-56)42-27-23-24-28-42/h21-25,27,33-40H,5-20,26,28-32H2,1-4H3. The summed E-state index contributed by atoms with van der Waals surface area (Å²) in [5, 5.41) is 0. The van der Waals surface area contributed by atoms with Gasteiger partial charge in [-0.15, -0.1) is 68.0 Å².